The summed E-state index contributed by atoms with van der Waals surface area (Å²) in [5.74, 6) is -0.264. The molecular formula is C18H12ClFN4O. The third kappa shape index (κ3) is 3.04. The first-order valence-electron chi connectivity index (χ1n) is 7.57. The highest BCUT2D eigenvalue weighted by Gasteiger charge is 2.20. The summed E-state index contributed by atoms with van der Waals surface area (Å²) in [6, 6.07) is 11.7. The summed E-state index contributed by atoms with van der Waals surface area (Å²) in [4.78, 5) is 20.8. The molecule has 2 N–H and O–H groups in total. The summed E-state index contributed by atoms with van der Waals surface area (Å²) in [5.41, 5.74) is 3.53. The van der Waals surface area contributed by atoms with E-state index in [1.165, 1.54) is 12.1 Å². The lowest BCUT2D eigenvalue weighted by Crippen LogP contribution is -2.12. The summed E-state index contributed by atoms with van der Waals surface area (Å²) in [6.07, 6.45) is 1.82. The number of aromatic nitrogens is 2. The molecule has 2 heterocycles. The van der Waals surface area contributed by atoms with Crippen molar-refractivity contribution in [3.8, 4) is 11.3 Å². The molecule has 3 aromatic rings. The molecule has 124 valence electrons. The quantitative estimate of drug-likeness (QED) is 0.724. The van der Waals surface area contributed by atoms with Crippen molar-refractivity contribution < 1.29 is 9.18 Å². The molecule has 0 saturated carbocycles. The van der Waals surface area contributed by atoms with Crippen LogP contribution in [-0.4, -0.2) is 15.9 Å². The molecule has 1 aromatic heterocycles. The minimum absolute atomic E-state index is 0.0138. The first-order valence-corrected chi connectivity index (χ1v) is 7.95. The summed E-state index contributed by atoms with van der Waals surface area (Å²) in [5, 5.41) is 5.89. The van der Waals surface area contributed by atoms with E-state index in [0.717, 1.165) is 11.1 Å². The average Bonchev–Trinajstić information content (AvgIpc) is 2.73. The van der Waals surface area contributed by atoms with E-state index in [0.29, 0.717) is 23.0 Å². The number of para-hydroxylation sites is 1. The zero-order valence-electron chi connectivity index (χ0n) is 12.9. The van der Waals surface area contributed by atoms with Crippen LogP contribution < -0.4 is 10.6 Å². The first-order chi connectivity index (χ1) is 12.1. The highest BCUT2D eigenvalue weighted by molar-refractivity contribution is 6.31. The molecule has 1 aliphatic heterocycles. The molecule has 0 unspecified atom stereocenters. The van der Waals surface area contributed by atoms with Crippen molar-refractivity contribution in [1.29, 1.82) is 0 Å². The van der Waals surface area contributed by atoms with E-state index < -0.39 is 5.82 Å². The second-order valence-corrected chi connectivity index (χ2v) is 6.00. The van der Waals surface area contributed by atoms with Gasteiger partial charge in [-0.1, -0.05) is 29.8 Å². The summed E-state index contributed by atoms with van der Waals surface area (Å²) < 4.78 is 13.3. The third-order valence-corrected chi connectivity index (χ3v) is 4.14. The van der Waals surface area contributed by atoms with Crippen molar-refractivity contribution in [3.05, 3.63) is 65.1 Å². The second-order valence-electron chi connectivity index (χ2n) is 5.59. The molecule has 0 bridgehead atoms. The number of carbonyl (C=O) groups is 1. The number of hydrogen-bond acceptors (Lipinski definition) is 4. The maximum atomic E-state index is 13.3. The van der Waals surface area contributed by atoms with Gasteiger partial charge >= 0.3 is 0 Å². The SMILES string of the molecule is O=C1Cc2cnc(Nc3ccc(F)c(Cl)c3)nc2-c2ccccc2N1. The van der Waals surface area contributed by atoms with Crippen LogP contribution in [0.15, 0.2) is 48.7 Å². The maximum Gasteiger partial charge on any atom is 0.228 e. The number of amides is 1. The molecule has 0 atom stereocenters. The standard InChI is InChI=1S/C18H12ClFN4O/c19-13-8-11(5-6-14(13)20)22-18-21-9-10-7-16(25)23-15-4-2-1-3-12(15)17(10)24-18/h1-6,8-9H,7H2,(H,23,25)(H,21,22,24). The topological polar surface area (TPSA) is 66.9 Å². The largest absolute Gasteiger partial charge is 0.325 e. The number of nitrogens with zero attached hydrogens (tertiary/aromatic N) is 2. The molecule has 2 aromatic carbocycles. The maximum absolute atomic E-state index is 13.3. The fourth-order valence-corrected chi connectivity index (χ4v) is 2.88. The van der Waals surface area contributed by atoms with Crippen molar-refractivity contribution in [2.24, 2.45) is 0 Å². The lowest BCUT2D eigenvalue weighted by atomic mass is 10.1. The van der Waals surface area contributed by atoms with E-state index in [4.69, 9.17) is 11.6 Å². The van der Waals surface area contributed by atoms with E-state index in [-0.39, 0.29) is 17.4 Å². The zero-order chi connectivity index (χ0) is 17.4. The molecule has 0 aliphatic carbocycles. The van der Waals surface area contributed by atoms with Crippen molar-refractivity contribution in [3.63, 3.8) is 0 Å². The lowest BCUT2D eigenvalue weighted by molar-refractivity contribution is -0.115. The lowest BCUT2D eigenvalue weighted by Gasteiger charge is -2.10. The van der Waals surface area contributed by atoms with Gasteiger partial charge < -0.3 is 10.6 Å². The molecule has 1 amide bonds. The number of nitrogens with one attached hydrogen (secondary N) is 2. The van der Waals surface area contributed by atoms with E-state index in [1.807, 2.05) is 24.3 Å². The van der Waals surface area contributed by atoms with E-state index in [9.17, 15) is 9.18 Å². The van der Waals surface area contributed by atoms with Crippen molar-refractivity contribution >= 4 is 34.8 Å². The van der Waals surface area contributed by atoms with Crippen molar-refractivity contribution in [2.75, 3.05) is 10.6 Å². The van der Waals surface area contributed by atoms with Gasteiger partial charge in [0.1, 0.15) is 5.82 Å². The first kappa shape index (κ1) is 15.5. The monoisotopic (exact) mass is 354 g/mol. The highest BCUT2D eigenvalue weighted by Crippen LogP contribution is 2.33. The Morgan fingerprint density at radius 1 is 1.20 bits per heavy atom. The molecule has 0 saturated heterocycles. The van der Waals surface area contributed by atoms with Crippen molar-refractivity contribution in [1.82, 2.24) is 9.97 Å². The Bertz CT molecular complexity index is 993. The average molecular weight is 355 g/mol. The Hall–Kier alpha value is -2.99. The number of hydrogen-bond donors (Lipinski definition) is 2. The van der Waals surface area contributed by atoms with Gasteiger partial charge in [-0.15, -0.1) is 0 Å². The molecule has 0 radical (unpaired) electrons. The number of fused-ring (bicyclic) bond motifs is 3. The Balaban J connectivity index is 1.76. The number of anilines is 3. The van der Waals surface area contributed by atoms with E-state index in [1.54, 1.807) is 12.3 Å². The second kappa shape index (κ2) is 6.14. The number of carbonyl (C=O) groups excluding carboxylic acids is 1. The van der Waals surface area contributed by atoms with Gasteiger partial charge in [-0.2, -0.15) is 0 Å². The third-order valence-electron chi connectivity index (χ3n) is 3.85. The number of halogens is 2. The summed E-state index contributed by atoms with van der Waals surface area (Å²) in [7, 11) is 0. The molecule has 5 nitrogen and oxygen atoms in total. The van der Waals surface area contributed by atoms with Crippen molar-refractivity contribution in [2.45, 2.75) is 6.42 Å². The minimum atomic E-state index is -0.492. The minimum Gasteiger partial charge on any atom is -0.325 e. The van der Waals surface area contributed by atoms with Crippen LogP contribution in [0.5, 0.6) is 0 Å². The van der Waals surface area contributed by atoms with E-state index >= 15 is 0 Å². The van der Waals surface area contributed by atoms with Crippen LogP contribution in [0.25, 0.3) is 11.3 Å². The van der Waals surface area contributed by atoms with E-state index in [2.05, 4.69) is 20.6 Å². The fraction of sp³-hybridized carbons (Fsp3) is 0.0556. The van der Waals surface area contributed by atoms with Crippen LogP contribution >= 0.6 is 11.6 Å². The molecule has 0 fully saturated rings. The highest BCUT2D eigenvalue weighted by atomic mass is 35.5. The van der Waals surface area contributed by atoms with Gasteiger partial charge in [0, 0.05) is 23.0 Å². The summed E-state index contributed by atoms with van der Waals surface area (Å²) >= 11 is 5.80. The van der Waals surface area contributed by atoms with Gasteiger partial charge in [0.25, 0.3) is 0 Å². The Morgan fingerprint density at radius 3 is 2.88 bits per heavy atom. The van der Waals surface area contributed by atoms with Gasteiger partial charge in [-0.3, -0.25) is 4.79 Å². The van der Waals surface area contributed by atoms with Gasteiger partial charge in [-0.25, -0.2) is 14.4 Å². The molecule has 7 heteroatoms. The molecule has 0 spiro atoms. The van der Waals surface area contributed by atoms with Gasteiger partial charge in [-0.05, 0) is 24.3 Å². The van der Waals surface area contributed by atoms with Crippen LogP contribution in [0.3, 0.4) is 0 Å². The molecular weight excluding hydrogens is 343 g/mol. The predicted molar refractivity (Wildman–Crippen MR) is 94.5 cm³/mol. The van der Waals surface area contributed by atoms with Gasteiger partial charge in [0.05, 0.1) is 22.8 Å². The van der Waals surface area contributed by atoms with Crippen LogP contribution in [0.2, 0.25) is 5.02 Å². The fourth-order valence-electron chi connectivity index (χ4n) is 2.70. The van der Waals surface area contributed by atoms with Crippen LogP contribution in [0.4, 0.5) is 21.7 Å². The smallest absolute Gasteiger partial charge is 0.228 e. The Morgan fingerprint density at radius 2 is 2.04 bits per heavy atom. The van der Waals surface area contributed by atoms with Gasteiger partial charge in [0.2, 0.25) is 11.9 Å². The molecule has 4 rings (SSSR count). The number of benzene rings is 2. The Labute approximate surface area is 147 Å². The number of rotatable bonds is 2. The summed E-state index contributed by atoms with van der Waals surface area (Å²) in [6.45, 7) is 0. The van der Waals surface area contributed by atoms with Gasteiger partial charge in [0.15, 0.2) is 0 Å². The van der Waals surface area contributed by atoms with Crippen LogP contribution in [-0.2, 0) is 11.2 Å². The Kier molecular flexibility index (Phi) is 3.82. The molecule has 1 aliphatic rings. The zero-order valence-corrected chi connectivity index (χ0v) is 13.6. The molecule has 25 heavy (non-hydrogen) atoms. The normalized spacial score (nSPS) is 12.6. The van der Waals surface area contributed by atoms with Crippen LogP contribution in [0.1, 0.15) is 5.56 Å². The predicted octanol–water partition coefficient (Wildman–Crippen LogP) is 4.17. The van der Waals surface area contributed by atoms with Crippen LogP contribution in [0, 0.1) is 5.82 Å².